The monoisotopic (exact) mass is 479 g/mol. The van der Waals surface area contributed by atoms with E-state index >= 15 is 0 Å². The van der Waals surface area contributed by atoms with Gasteiger partial charge in [0.25, 0.3) is 10.0 Å². The molecule has 0 saturated carbocycles. The van der Waals surface area contributed by atoms with Crippen LogP contribution < -0.4 is 14.8 Å². The number of aliphatic hydroxyl groups is 1. The van der Waals surface area contributed by atoms with E-state index in [4.69, 9.17) is 4.74 Å². The lowest BCUT2D eigenvalue weighted by Gasteiger charge is -2.32. The first-order valence-corrected chi connectivity index (χ1v) is 12.3. The molecule has 0 spiro atoms. The number of anilines is 1. The Morgan fingerprint density at radius 1 is 1.24 bits per heavy atom. The van der Waals surface area contributed by atoms with Gasteiger partial charge in [0.2, 0.25) is 5.91 Å². The van der Waals surface area contributed by atoms with Gasteiger partial charge in [0.1, 0.15) is 17.7 Å². The summed E-state index contributed by atoms with van der Waals surface area (Å²) in [5, 5.41) is 12.8. The summed E-state index contributed by atoms with van der Waals surface area (Å²) in [6, 6.07) is 8.93. The van der Waals surface area contributed by atoms with Gasteiger partial charge in [-0.25, -0.2) is 12.8 Å². The van der Waals surface area contributed by atoms with Crippen LogP contribution in [0.1, 0.15) is 19.4 Å². The third-order valence-electron chi connectivity index (χ3n) is 5.70. The molecule has 0 radical (unpaired) electrons. The van der Waals surface area contributed by atoms with Crippen LogP contribution in [-0.4, -0.2) is 63.2 Å². The van der Waals surface area contributed by atoms with Gasteiger partial charge in [-0.15, -0.1) is 0 Å². The van der Waals surface area contributed by atoms with Crippen LogP contribution in [0.5, 0.6) is 5.75 Å². The van der Waals surface area contributed by atoms with Crippen molar-refractivity contribution in [3.8, 4) is 5.75 Å². The highest BCUT2D eigenvalue weighted by atomic mass is 32.2. The van der Waals surface area contributed by atoms with Gasteiger partial charge in [-0.1, -0.05) is 6.92 Å². The van der Waals surface area contributed by atoms with Crippen molar-refractivity contribution in [2.45, 2.75) is 37.3 Å². The number of fused-ring (bicyclic) bond motifs is 1. The summed E-state index contributed by atoms with van der Waals surface area (Å²) in [4.78, 5) is 14.7. The maximum Gasteiger partial charge on any atom is 0.261 e. The number of likely N-dealkylation sites (N-methyl/N-ethyl adjacent to an activating group) is 1. The number of carbonyl (C=O) groups excluding carboxylic acids is 1. The molecule has 33 heavy (non-hydrogen) atoms. The smallest absolute Gasteiger partial charge is 0.261 e. The molecule has 2 aromatic carbocycles. The number of rotatable bonds is 7. The molecular formula is C23H30FN3O5S. The number of carbonyl (C=O) groups is 1. The average Bonchev–Trinajstić information content (AvgIpc) is 2.81. The number of hydrogen-bond donors (Lipinski definition) is 3. The molecule has 2 aromatic rings. The molecule has 0 aromatic heterocycles. The lowest BCUT2D eigenvalue weighted by atomic mass is 10.0. The van der Waals surface area contributed by atoms with Gasteiger partial charge in [0.15, 0.2) is 0 Å². The highest BCUT2D eigenvalue weighted by Crippen LogP contribution is 2.29. The molecule has 0 saturated heterocycles. The highest BCUT2D eigenvalue weighted by molar-refractivity contribution is 7.92. The summed E-state index contributed by atoms with van der Waals surface area (Å²) in [5.41, 5.74) is 0.790. The van der Waals surface area contributed by atoms with E-state index in [1.807, 2.05) is 14.0 Å². The highest BCUT2D eigenvalue weighted by Gasteiger charge is 2.30. The summed E-state index contributed by atoms with van der Waals surface area (Å²) >= 11 is 0. The van der Waals surface area contributed by atoms with Crippen molar-refractivity contribution >= 4 is 21.6 Å². The van der Waals surface area contributed by atoms with Crippen LogP contribution in [0, 0.1) is 11.7 Å². The summed E-state index contributed by atoms with van der Waals surface area (Å²) in [6.45, 7) is 4.58. The summed E-state index contributed by atoms with van der Waals surface area (Å²) in [5.74, 6) is -0.234. The van der Waals surface area contributed by atoms with Crippen LogP contribution in [0.2, 0.25) is 0 Å². The Labute approximate surface area is 193 Å². The first-order chi connectivity index (χ1) is 15.6. The molecule has 180 valence electrons. The second kappa shape index (κ2) is 10.5. The van der Waals surface area contributed by atoms with E-state index < -0.39 is 15.8 Å². The maximum absolute atomic E-state index is 13.2. The minimum atomic E-state index is -3.95. The molecule has 0 aliphatic carbocycles. The Morgan fingerprint density at radius 3 is 2.58 bits per heavy atom. The normalized spacial score (nSPS) is 20.2. The largest absolute Gasteiger partial charge is 0.488 e. The zero-order chi connectivity index (χ0) is 24.2. The quantitative estimate of drug-likeness (QED) is 0.561. The van der Waals surface area contributed by atoms with Crippen molar-refractivity contribution in [1.82, 2.24) is 10.2 Å². The molecule has 1 amide bonds. The molecule has 0 unspecified atom stereocenters. The van der Waals surface area contributed by atoms with Crippen LogP contribution in [0.25, 0.3) is 0 Å². The van der Waals surface area contributed by atoms with E-state index in [0.29, 0.717) is 24.4 Å². The summed E-state index contributed by atoms with van der Waals surface area (Å²) in [7, 11) is -2.13. The van der Waals surface area contributed by atoms with E-state index in [2.05, 4.69) is 10.0 Å². The lowest BCUT2D eigenvalue weighted by Crippen LogP contribution is -2.47. The Kier molecular flexibility index (Phi) is 7.93. The second-order valence-electron chi connectivity index (χ2n) is 8.33. The fourth-order valence-corrected chi connectivity index (χ4v) is 4.82. The number of nitrogens with zero attached hydrogens (tertiary/aromatic N) is 1. The standard InChI is InChI=1S/C23H30FN3O5S/c1-15-13-27(16(2)14-28)23(29)11-17-10-19(6-9-21(17)32-22(15)12-25-3)26-33(30,31)20-7-4-18(24)5-8-20/h4-10,15-16,22,25-26,28H,11-14H2,1-3H3/t15-,16-,22-/m0/s1. The van der Waals surface area contributed by atoms with Crippen molar-refractivity contribution < 1.29 is 27.4 Å². The number of ether oxygens (including phenoxy) is 1. The fourth-order valence-electron chi connectivity index (χ4n) is 3.77. The van der Waals surface area contributed by atoms with E-state index in [1.165, 1.54) is 12.1 Å². The predicted octanol–water partition coefficient (Wildman–Crippen LogP) is 1.99. The predicted molar refractivity (Wildman–Crippen MR) is 123 cm³/mol. The van der Waals surface area contributed by atoms with Crippen molar-refractivity contribution in [3.05, 3.63) is 53.8 Å². The zero-order valence-corrected chi connectivity index (χ0v) is 19.7. The van der Waals surface area contributed by atoms with E-state index in [0.717, 1.165) is 12.1 Å². The SMILES string of the molecule is CNC[C@@H]1Oc2ccc(NS(=O)(=O)c3ccc(F)cc3)cc2CC(=O)N([C@@H](C)CO)C[C@@H]1C. The minimum Gasteiger partial charge on any atom is -0.488 e. The number of amides is 1. The van der Waals surface area contributed by atoms with Gasteiger partial charge in [-0.05, 0) is 56.4 Å². The zero-order valence-electron chi connectivity index (χ0n) is 18.9. The molecular weight excluding hydrogens is 449 g/mol. The molecule has 10 heteroatoms. The van der Waals surface area contributed by atoms with Crippen LogP contribution in [0.15, 0.2) is 47.4 Å². The molecule has 0 bridgehead atoms. The molecule has 3 rings (SSSR count). The molecule has 1 aliphatic heterocycles. The molecule has 3 N–H and O–H groups in total. The van der Waals surface area contributed by atoms with Gasteiger partial charge in [0.05, 0.1) is 24.0 Å². The Hall–Kier alpha value is -2.69. The Balaban J connectivity index is 1.95. The first-order valence-electron chi connectivity index (χ1n) is 10.8. The maximum atomic E-state index is 13.2. The van der Waals surface area contributed by atoms with Crippen molar-refractivity contribution in [2.24, 2.45) is 5.92 Å². The van der Waals surface area contributed by atoms with E-state index in [9.17, 15) is 22.7 Å². The van der Waals surface area contributed by atoms with Crippen LogP contribution in [0.3, 0.4) is 0 Å². The number of benzene rings is 2. The van der Waals surface area contributed by atoms with E-state index in [1.54, 1.807) is 30.0 Å². The topological polar surface area (TPSA) is 108 Å². The summed E-state index contributed by atoms with van der Waals surface area (Å²) < 4.78 is 47.3. The van der Waals surface area contributed by atoms with Crippen molar-refractivity contribution in [3.63, 3.8) is 0 Å². The Morgan fingerprint density at radius 2 is 1.94 bits per heavy atom. The van der Waals surface area contributed by atoms with Gasteiger partial charge < -0.3 is 20.1 Å². The minimum absolute atomic E-state index is 0.00914. The van der Waals surface area contributed by atoms with Gasteiger partial charge in [0, 0.05) is 30.3 Å². The van der Waals surface area contributed by atoms with Crippen LogP contribution >= 0.6 is 0 Å². The number of nitrogens with one attached hydrogen (secondary N) is 2. The summed E-state index contributed by atoms with van der Waals surface area (Å²) in [6.07, 6.45) is -0.250. The third kappa shape index (κ3) is 6.01. The number of aliphatic hydroxyl groups excluding tert-OH is 1. The first kappa shape index (κ1) is 24.9. The van der Waals surface area contributed by atoms with Gasteiger partial charge in [-0.2, -0.15) is 0 Å². The molecule has 1 heterocycles. The van der Waals surface area contributed by atoms with E-state index in [-0.39, 0.29) is 47.6 Å². The number of sulfonamides is 1. The number of hydrogen-bond acceptors (Lipinski definition) is 6. The van der Waals surface area contributed by atoms with Gasteiger partial charge in [-0.3, -0.25) is 9.52 Å². The molecule has 1 aliphatic rings. The van der Waals surface area contributed by atoms with Gasteiger partial charge >= 0.3 is 0 Å². The molecule has 0 fully saturated rings. The number of halogens is 1. The third-order valence-corrected chi connectivity index (χ3v) is 7.10. The lowest BCUT2D eigenvalue weighted by molar-refractivity contribution is -0.134. The molecule has 3 atom stereocenters. The van der Waals surface area contributed by atoms with Crippen molar-refractivity contribution in [2.75, 3.05) is 31.5 Å². The average molecular weight is 480 g/mol. The van der Waals surface area contributed by atoms with Crippen molar-refractivity contribution in [1.29, 1.82) is 0 Å². The van der Waals surface area contributed by atoms with Crippen LogP contribution in [0.4, 0.5) is 10.1 Å². The Bertz CT molecular complexity index is 1080. The second-order valence-corrected chi connectivity index (χ2v) is 10.0. The molecule has 8 nitrogen and oxygen atoms in total. The van der Waals surface area contributed by atoms with Crippen LogP contribution in [-0.2, 0) is 21.2 Å². The fraction of sp³-hybridized carbons (Fsp3) is 0.435.